The molecule has 0 aliphatic carbocycles. The second-order valence-electron chi connectivity index (χ2n) is 13.9. The Morgan fingerprint density at radius 3 is 2.57 bits per heavy atom. The van der Waals surface area contributed by atoms with Crippen LogP contribution in [0.2, 0.25) is 0 Å². The maximum Gasteiger partial charge on any atom is 0.360 e. The molecule has 0 saturated carbocycles. The third-order valence-corrected chi connectivity index (χ3v) is 9.72. The molecule has 2 aromatic heterocycles. The van der Waals surface area contributed by atoms with Crippen LogP contribution in [0, 0.1) is 24.7 Å². The van der Waals surface area contributed by atoms with Gasteiger partial charge in [-0.05, 0) is 54.9 Å². The third kappa shape index (κ3) is 5.29. The number of esters is 1. The quantitative estimate of drug-likeness (QED) is 0.210. The van der Waals surface area contributed by atoms with Gasteiger partial charge in [-0.2, -0.15) is 0 Å². The van der Waals surface area contributed by atoms with E-state index in [9.17, 15) is 19.5 Å². The number of hydrogen-bond donors (Lipinski definition) is 3. The van der Waals surface area contributed by atoms with Crippen LogP contribution in [-0.4, -0.2) is 52.2 Å². The molecule has 5 atom stereocenters. The second kappa shape index (κ2) is 12.2. The Labute approximate surface area is 283 Å². The number of aromatic nitrogens is 2. The van der Waals surface area contributed by atoms with Crippen LogP contribution < -0.4 is 15.4 Å². The van der Waals surface area contributed by atoms with E-state index in [-0.39, 0.29) is 65.3 Å². The second-order valence-corrected chi connectivity index (χ2v) is 13.9. The number of amides is 1. The number of carbonyl (C=O) groups excluding carboxylic acids is 3. The van der Waals surface area contributed by atoms with Crippen molar-refractivity contribution in [2.45, 2.75) is 77.7 Å². The molecule has 2 unspecified atom stereocenters. The third-order valence-electron chi connectivity index (χ3n) is 9.72. The summed E-state index contributed by atoms with van der Waals surface area (Å²) in [4.78, 5) is 49.5. The van der Waals surface area contributed by atoms with Crippen LogP contribution in [0.4, 0.5) is 5.69 Å². The maximum atomic E-state index is 14.1. The summed E-state index contributed by atoms with van der Waals surface area (Å²) < 4.78 is 24.5. The minimum atomic E-state index is -1.16. The first-order valence-electron chi connectivity index (χ1n) is 16.7. The number of methoxy groups -OCH3 is 1. The zero-order valence-electron chi connectivity index (χ0n) is 28.3. The number of para-hydroxylation sites is 1. The maximum absolute atomic E-state index is 14.1. The van der Waals surface area contributed by atoms with E-state index in [0.29, 0.717) is 17.9 Å². The Balaban J connectivity index is 1.46. The number of aliphatic hydroxyl groups is 1. The highest BCUT2D eigenvalue weighted by molar-refractivity contribution is 5.90. The van der Waals surface area contributed by atoms with Crippen molar-refractivity contribution in [3.63, 3.8) is 0 Å². The van der Waals surface area contributed by atoms with Gasteiger partial charge in [0, 0.05) is 23.6 Å². The fourth-order valence-electron chi connectivity index (χ4n) is 7.30. The minimum Gasteiger partial charge on any atom is -0.469 e. The summed E-state index contributed by atoms with van der Waals surface area (Å²) in [6, 6.07) is 12.9. The number of fused-ring (bicyclic) bond motifs is 4. The van der Waals surface area contributed by atoms with E-state index in [2.05, 4.69) is 15.6 Å². The number of ether oxygens (including phenoxy) is 2. The van der Waals surface area contributed by atoms with Gasteiger partial charge in [0.25, 0.3) is 0 Å². The minimum absolute atomic E-state index is 0.0103. The lowest BCUT2D eigenvalue weighted by molar-refractivity contribution is -0.134. The number of hydrogen-bond acceptors (Lipinski definition) is 11. The highest BCUT2D eigenvalue weighted by Gasteiger charge is 2.61. The number of benzene rings is 2. The molecule has 4 bridgehead atoms. The van der Waals surface area contributed by atoms with Crippen molar-refractivity contribution >= 4 is 23.3 Å². The lowest BCUT2D eigenvalue weighted by Gasteiger charge is -2.28. The molecule has 2 aromatic carbocycles. The molecule has 3 aliphatic heterocycles. The van der Waals surface area contributed by atoms with E-state index in [1.165, 1.54) is 7.11 Å². The van der Waals surface area contributed by atoms with Gasteiger partial charge in [0.2, 0.25) is 17.7 Å². The Morgan fingerprint density at radius 1 is 1.06 bits per heavy atom. The van der Waals surface area contributed by atoms with Crippen LogP contribution in [0.25, 0.3) is 11.6 Å². The van der Waals surface area contributed by atoms with Crippen molar-refractivity contribution in [1.82, 2.24) is 15.3 Å². The van der Waals surface area contributed by atoms with Crippen molar-refractivity contribution in [2.24, 2.45) is 17.8 Å². The summed E-state index contributed by atoms with van der Waals surface area (Å²) in [6.45, 7) is 9.37. The van der Waals surface area contributed by atoms with Crippen LogP contribution in [-0.2, 0) is 26.2 Å². The Kier molecular flexibility index (Phi) is 8.09. The fraction of sp³-hybridized carbons (Fsp3) is 0.432. The molecular weight excluding hydrogens is 628 g/mol. The number of aryl methyl sites for hydroxylation is 1. The summed E-state index contributed by atoms with van der Waals surface area (Å²) in [5, 5.41) is 17.3. The highest BCUT2D eigenvalue weighted by Crippen LogP contribution is 2.59. The average molecular weight is 669 g/mol. The van der Waals surface area contributed by atoms with Gasteiger partial charge in [-0.15, -0.1) is 0 Å². The van der Waals surface area contributed by atoms with Crippen LogP contribution >= 0.6 is 0 Å². The predicted octanol–water partition coefficient (Wildman–Crippen LogP) is 5.25. The molecule has 12 heteroatoms. The van der Waals surface area contributed by atoms with E-state index in [1.807, 2.05) is 70.2 Å². The molecule has 1 spiro atoms. The van der Waals surface area contributed by atoms with Crippen LogP contribution in [0.1, 0.15) is 91.2 Å². The summed E-state index contributed by atoms with van der Waals surface area (Å²) in [5.74, 6) is -0.748. The number of aliphatic hydroxyl groups excluding tert-OH is 1. The van der Waals surface area contributed by atoms with Gasteiger partial charge in [-0.3, -0.25) is 9.59 Å². The smallest absolute Gasteiger partial charge is 0.360 e. The van der Waals surface area contributed by atoms with E-state index in [0.717, 1.165) is 22.4 Å². The first-order valence-corrected chi connectivity index (χ1v) is 16.7. The summed E-state index contributed by atoms with van der Waals surface area (Å²) in [7, 11) is 1.27. The number of nitrogens with zero attached hydrogens (tertiary/aromatic N) is 2. The molecule has 3 N–H and O–H groups in total. The number of anilines is 1. The lowest BCUT2D eigenvalue weighted by atomic mass is 9.72. The first-order chi connectivity index (χ1) is 23.4. The highest BCUT2D eigenvalue weighted by atomic mass is 16.5. The molecule has 5 heterocycles. The normalized spacial score (nSPS) is 22.7. The van der Waals surface area contributed by atoms with Crippen molar-refractivity contribution < 1.29 is 37.8 Å². The number of oxazole rings is 2. The standard InChI is InChI=1S/C37H40N4O8/c1-17(2)13-25(42)26(43)16-21-14-20-11-12-27-23(15-20)37(22-9-7-8-10-24(22)38-36(37)48-27)31-30(34-40-29(19(5)47-34)35(45)46-6)41-33(49-31)28(18(3)4)39-32(21)44/h7-12,15,17-18,21,25,28,36,38,42H,13-14,16H2,1-6H3,(H,39,44)/t21?,25-,28-,36-,37?/m0/s1. The fourth-order valence-corrected chi connectivity index (χ4v) is 7.30. The van der Waals surface area contributed by atoms with Crippen molar-refractivity contribution in [2.75, 3.05) is 12.4 Å². The molecule has 12 nitrogen and oxygen atoms in total. The van der Waals surface area contributed by atoms with Crippen molar-refractivity contribution in [3.8, 4) is 17.3 Å². The van der Waals surface area contributed by atoms with Gasteiger partial charge in [0.1, 0.15) is 29.1 Å². The Bertz CT molecular complexity index is 1960. The van der Waals surface area contributed by atoms with Crippen LogP contribution in [0.3, 0.4) is 0 Å². The molecule has 0 saturated heterocycles. The molecular formula is C37H40N4O8. The van der Waals surface area contributed by atoms with Gasteiger partial charge in [0.15, 0.2) is 29.2 Å². The SMILES string of the molecule is COC(=O)c1nc(-c2nc3oc2C24c5ccccc5N[C@H]2Oc2ccc(cc24)CC(CC(=O)[C@@H](O)CC(C)C)C(=O)N[C@H]3C(C)C)oc1C. The molecule has 7 rings (SSSR count). The van der Waals surface area contributed by atoms with Crippen LogP contribution in [0.15, 0.2) is 51.3 Å². The van der Waals surface area contributed by atoms with Gasteiger partial charge in [-0.25, -0.2) is 14.8 Å². The number of rotatable bonds is 8. The van der Waals surface area contributed by atoms with Gasteiger partial charge >= 0.3 is 5.97 Å². The predicted molar refractivity (Wildman–Crippen MR) is 177 cm³/mol. The number of carbonyl (C=O) groups is 3. The van der Waals surface area contributed by atoms with Crippen molar-refractivity contribution in [1.29, 1.82) is 0 Å². The summed E-state index contributed by atoms with van der Waals surface area (Å²) >= 11 is 0. The Hall–Kier alpha value is -4.97. The van der Waals surface area contributed by atoms with E-state index >= 15 is 0 Å². The molecule has 0 fully saturated rings. The van der Waals surface area contributed by atoms with Crippen LogP contribution in [0.5, 0.6) is 5.75 Å². The van der Waals surface area contributed by atoms with Gasteiger partial charge < -0.3 is 34.0 Å². The number of nitrogens with one attached hydrogen (secondary N) is 2. The number of Topliss-reactive ketones (excluding diaryl/α,β-unsaturated/α-hetero) is 1. The topological polar surface area (TPSA) is 166 Å². The zero-order chi connectivity index (χ0) is 34.8. The van der Waals surface area contributed by atoms with Crippen molar-refractivity contribution in [3.05, 3.63) is 82.3 Å². The zero-order valence-corrected chi connectivity index (χ0v) is 28.3. The van der Waals surface area contributed by atoms with E-state index in [1.54, 1.807) is 6.92 Å². The molecule has 49 heavy (non-hydrogen) atoms. The molecule has 0 radical (unpaired) electrons. The van der Waals surface area contributed by atoms with Gasteiger partial charge in [-0.1, -0.05) is 58.0 Å². The molecule has 4 aromatic rings. The molecule has 3 aliphatic rings. The average Bonchev–Trinajstić information content (AvgIpc) is 3.81. The number of ketones is 1. The molecule has 1 amide bonds. The lowest BCUT2D eigenvalue weighted by Crippen LogP contribution is -2.40. The summed E-state index contributed by atoms with van der Waals surface area (Å²) in [6.07, 6.45) is -1.38. The van der Waals surface area contributed by atoms with Gasteiger partial charge in [0.05, 0.1) is 7.11 Å². The summed E-state index contributed by atoms with van der Waals surface area (Å²) in [5.41, 5.74) is 2.48. The van der Waals surface area contributed by atoms with E-state index in [4.69, 9.17) is 23.3 Å². The Morgan fingerprint density at radius 2 is 1.84 bits per heavy atom. The van der Waals surface area contributed by atoms with E-state index < -0.39 is 35.7 Å². The molecule has 256 valence electrons. The largest absolute Gasteiger partial charge is 0.469 e. The monoisotopic (exact) mass is 668 g/mol. The first kappa shape index (κ1) is 32.6.